The number of benzene rings is 2. The van der Waals surface area contributed by atoms with Crippen molar-refractivity contribution in [1.29, 1.82) is 0 Å². The maximum atomic E-state index is 13.2. The second kappa shape index (κ2) is 25.4. The summed E-state index contributed by atoms with van der Waals surface area (Å²) in [4.78, 5) is 109. The quantitative estimate of drug-likeness (QED) is 0.0592. The molecule has 10 N–H and O–H groups in total. The van der Waals surface area contributed by atoms with Gasteiger partial charge >= 0.3 is 29.9 Å². The molecule has 1 aliphatic carbocycles. The third kappa shape index (κ3) is 17.9. The Labute approximate surface area is 356 Å². The number of nitrogens with one attached hydrogen (secondary N) is 6. The van der Waals surface area contributed by atoms with Gasteiger partial charge in [-0.3, -0.25) is 24.0 Å². The number of carboxylic acid groups (broad SMARTS) is 4. The first-order valence-electron chi connectivity index (χ1n) is 19.8. The predicted octanol–water partition coefficient (Wildman–Crippen LogP) is 1.04. The molecule has 0 saturated heterocycles. The Morgan fingerprint density at radius 3 is 1.87 bits per heavy atom. The number of carboxylic acids is 4. The van der Waals surface area contributed by atoms with Crippen molar-refractivity contribution in [3.63, 3.8) is 0 Å². The Bertz CT molecular complexity index is 1990. The molecule has 0 saturated carbocycles. The van der Waals surface area contributed by atoms with Crippen LogP contribution < -0.4 is 36.6 Å². The number of rotatable bonds is 26. The summed E-state index contributed by atoms with van der Waals surface area (Å²) < 4.78 is 5.61. The van der Waals surface area contributed by atoms with Crippen LogP contribution in [0.4, 0.5) is 4.79 Å². The SMILES string of the molecule is CC1=C(C(=O)NCC(=O)N[C@@H](Cc2ccc(OCC(=O)N[C@@H](Cc3ccccc3)C(=O)NCCCC[C@H](NC(=O)N[C@@H](CCC(=O)O)C(=O)O)C(=O)O)cc2)C(=O)O)C=CCC1. The van der Waals surface area contributed by atoms with E-state index in [1.54, 1.807) is 48.5 Å². The number of hydrogen-bond donors (Lipinski definition) is 10. The molecular formula is C42H52N6O14. The number of carbonyl (C=O) groups excluding carboxylic acids is 5. The van der Waals surface area contributed by atoms with Gasteiger partial charge in [0.25, 0.3) is 11.8 Å². The Morgan fingerprint density at radius 2 is 1.26 bits per heavy atom. The summed E-state index contributed by atoms with van der Waals surface area (Å²) in [5, 5.41) is 51.8. The molecule has 0 aliphatic heterocycles. The van der Waals surface area contributed by atoms with Gasteiger partial charge in [0.1, 0.15) is 29.9 Å². The van der Waals surface area contributed by atoms with Crippen LogP contribution in [0.2, 0.25) is 0 Å². The van der Waals surface area contributed by atoms with Gasteiger partial charge in [0.2, 0.25) is 11.8 Å². The molecule has 0 radical (unpaired) electrons. The Hall–Kier alpha value is -7.25. The van der Waals surface area contributed by atoms with Crippen LogP contribution >= 0.6 is 0 Å². The molecule has 334 valence electrons. The van der Waals surface area contributed by atoms with Gasteiger partial charge in [-0.05, 0) is 68.7 Å². The Kier molecular flexibility index (Phi) is 20.1. The molecular weight excluding hydrogens is 812 g/mol. The third-order valence-corrected chi connectivity index (χ3v) is 9.46. The number of carbonyl (C=O) groups is 9. The molecule has 2 aromatic carbocycles. The topological polar surface area (TPSA) is 316 Å². The molecule has 62 heavy (non-hydrogen) atoms. The third-order valence-electron chi connectivity index (χ3n) is 9.46. The molecule has 0 spiro atoms. The average molecular weight is 865 g/mol. The second-order valence-corrected chi connectivity index (χ2v) is 14.3. The second-order valence-electron chi connectivity index (χ2n) is 14.3. The van der Waals surface area contributed by atoms with Gasteiger partial charge < -0.3 is 57.1 Å². The van der Waals surface area contributed by atoms with Crippen molar-refractivity contribution >= 4 is 53.5 Å². The highest BCUT2D eigenvalue weighted by Crippen LogP contribution is 2.18. The van der Waals surface area contributed by atoms with Gasteiger partial charge in [0.05, 0.1) is 6.54 Å². The van der Waals surface area contributed by atoms with E-state index >= 15 is 0 Å². The molecule has 4 atom stereocenters. The molecule has 2 aromatic rings. The molecule has 0 fully saturated rings. The first-order valence-corrected chi connectivity index (χ1v) is 19.8. The number of aliphatic carboxylic acids is 4. The maximum absolute atomic E-state index is 13.2. The summed E-state index contributed by atoms with van der Waals surface area (Å²) in [7, 11) is 0. The number of urea groups is 1. The minimum Gasteiger partial charge on any atom is -0.484 e. The lowest BCUT2D eigenvalue weighted by molar-refractivity contribution is -0.142. The van der Waals surface area contributed by atoms with Crippen LogP contribution in [0.1, 0.15) is 63.0 Å². The number of allylic oxidation sites excluding steroid dienone is 2. The highest BCUT2D eigenvalue weighted by atomic mass is 16.5. The highest BCUT2D eigenvalue weighted by Gasteiger charge is 2.26. The molecule has 20 nitrogen and oxygen atoms in total. The zero-order valence-electron chi connectivity index (χ0n) is 34.0. The van der Waals surface area contributed by atoms with Gasteiger partial charge in [-0.1, -0.05) is 60.2 Å². The van der Waals surface area contributed by atoms with E-state index in [2.05, 4.69) is 31.9 Å². The predicted molar refractivity (Wildman–Crippen MR) is 220 cm³/mol. The monoisotopic (exact) mass is 864 g/mol. The average Bonchev–Trinajstić information content (AvgIpc) is 3.23. The molecule has 0 aromatic heterocycles. The van der Waals surface area contributed by atoms with Gasteiger partial charge in [-0.25, -0.2) is 19.2 Å². The van der Waals surface area contributed by atoms with Crippen molar-refractivity contribution in [2.45, 2.75) is 88.9 Å². The summed E-state index contributed by atoms with van der Waals surface area (Å²) in [6.45, 7) is 1.03. The zero-order valence-corrected chi connectivity index (χ0v) is 34.0. The normalized spacial score (nSPS) is 13.9. The highest BCUT2D eigenvalue weighted by molar-refractivity contribution is 5.99. The summed E-state index contributed by atoms with van der Waals surface area (Å²) in [6.07, 6.45) is 4.62. The fourth-order valence-corrected chi connectivity index (χ4v) is 6.10. The Morgan fingerprint density at radius 1 is 0.661 bits per heavy atom. The number of unbranched alkanes of at least 4 members (excludes halogenated alkanes) is 1. The van der Waals surface area contributed by atoms with Crippen LogP contribution in [0.25, 0.3) is 0 Å². The standard InChI is InChI=1S/C42H52N6O14/c1-25-9-5-6-12-29(25)37(53)44-23-34(49)46-33(41(59)60)22-27-14-16-28(17-15-27)62-24-35(50)45-32(21-26-10-3-2-4-11-26)38(54)43-20-8-7-13-30(39(55)56)47-42(61)48-31(40(57)58)18-19-36(51)52/h2-4,6,10-12,14-17,30-33H,5,7-9,13,18-24H2,1H3,(H,43,54)(H,44,53)(H,45,50)(H,46,49)(H,51,52)(H,55,56)(H,57,58)(H,59,60)(H2,47,48,61)/t30-,31-,32-,33-/m0/s1. The van der Waals surface area contributed by atoms with Gasteiger partial charge in [0, 0.05) is 31.4 Å². The molecule has 0 unspecified atom stereocenters. The van der Waals surface area contributed by atoms with Crippen molar-refractivity contribution in [2.24, 2.45) is 0 Å². The van der Waals surface area contributed by atoms with E-state index < -0.39 is 104 Å². The van der Waals surface area contributed by atoms with E-state index in [0.29, 0.717) is 11.1 Å². The summed E-state index contributed by atoms with van der Waals surface area (Å²) in [5.74, 6) is -7.42. The van der Waals surface area contributed by atoms with Crippen LogP contribution in [0.3, 0.4) is 0 Å². The lowest BCUT2D eigenvalue weighted by Crippen LogP contribution is -2.51. The van der Waals surface area contributed by atoms with Crippen LogP contribution in [-0.2, 0) is 51.2 Å². The minimum absolute atomic E-state index is 0.0800. The van der Waals surface area contributed by atoms with E-state index in [1.165, 1.54) is 12.1 Å². The van der Waals surface area contributed by atoms with Crippen LogP contribution in [-0.4, -0.2) is 118 Å². The molecule has 20 heteroatoms. The number of hydrogen-bond acceptors (Lipinski definition) is 10. The van der Waals surface area contributed by atoms with Crippen LogP contribution in [0, 0.1) is 0 Å². The lowest BCUT2D eigenvalue weighted by atomic mass is 9.98. The molecule has 1 aliphatic rings. The largest absolute Gasteiger partial charge is 0.484 e. The maximum Gasteiger partial charge on any atom is 0.326 e. The fraction of sp³-hybridized carbons (Fsp3) is 0.405. The molecule has 3 rings (SSSR count). The van der Waals surface area contributed by atoms with Gasteiger partial charge in [-0.15, -0.1) is 0 Å². The summed E-state index contributed by atoms with van der Waals surface area (Å²) in [6, 6.07) is 8.65. The van der Waals surface area contributed by atoms with E-state index in [0.717, 1.165) is 24.0 Å². The van der Waals surface area contributed by atoms with E-state index in [9.17, 15) is 58.5 Å². The van der Waals surface area contributed by atoms with Crippen molar-refractivity contribution in [3.8, 4) is 5.75 Å². The van der Waals surface area contributed by atoms with Crippen molar-refractivity contribution < 1.29 is 68.3 Å². The molecule has 0 heterocycles. The van der Waals surface area contributed by atoms with Crippen molar-refractivity contribution in [2.75, 3.05) is 19.7 Å². The lowest BCUT2D eigenvalue weighted by Gasteiger charge is -2.20. The summed E-state index contributed by atoms with van der Waals surface area (Å²) >= 11 is 0. The Balaban J connectivity index is 1.48. The van der Waals surface area contributed by atoms with E-state index in [-0.39, 0.29) is 44.4 Å². The fourth-order valence-electron chi connectivity index (χ4n) is 6.10. The van der Waals surface area contributed by atoms with Crippen molar-refractivity contribution in [3.05, 3.63) is 89.0 Å². The minimum atomic E-state index is -1.55. The zero-order chi connectivity index (χ0) is 45.6. The van der Waals surface area contributed by atoms with Crippen LogP contribution in [0.5, 0.6) is 5.75 Å². The van der Waals surface area contributed by atoms with Gasteiger partial charge in [-0.2, -0.15) is 0 Å². The van der Waals surface area contributed by atoms with Gasteiger partial charge in [0.15, 0.2) is 6.61 Å². The summed E-state index contributed by atoms with van der Waals surface area (Å²) in [5.41, 5.74) is 2.65. The van der Waals surface area contributed by atoms with Crippen molar-refractivity contribution in [1.82, 2.24) is 31.9 Å². The number of amides is 6. The smallest absolute Gasteiger partial charge is 0.326 e. The molecule has 0 bridgehead atoms. The van der Waals surface area contributed by atoms with E-state index in [4.69, 9.17) is 9.84 Å². The van der Waals surface area contributed by atoms with Crippen LogP contribution in [0.15, 0.2) is 77.9 Å². The van der Waals surface area contributed by atoms with E-state index in [1.807, 2.05) is 13.0 Å². The molecule has 6 amide bonds. The number of ether oxygens (including phenoxy) is 1. The first-order chi connectivity index (χ1) is 29.5. The first kappa shape index (κ1) is 49.1.